The lowest BCUT2D eigenvalue weighted by molar-refractivity contribution is -0.130. The molecule has 1 heterocycles. The van der Waals surface area contributed by atoms with Crippen LogP contribution in [0.4, 0.5) is 0 Å². The van der Waals surface area contributed by atoms with Gasteiger partial charge >= 0.3 is 0 Å². The number of nitrogens with zero attached hydrogens (tertiary/aromatic N) is 1. The zero-order valence-electron chi connectivity index (χ0n) is 15.3. The molecular formula is C19H30N2O3. The molecule has 1 aliphatic heterocycles. The predicted octanol–water partition coefficient (Wildman–Crippen LogP) is 2.58. The fraction of sp³-hybridized carbons (Fsp3) is 0.632. The SMILES string of the molecule is CCOCc1cc(CN[C@H]2CCN(C(C)=O)C[C@@H]2C)ccc1OC. The lowest BCUT2D eigenvalue weighted by atomic mass is 9.93. The van der Waals surface area contributed by atoms with Crippen LogP contribution in [0.25, 0.3) is 0 Å². The monoisotopic (exact) mass is 334 g/mol. The van der Waals surface area contributed by atoms with E-state index >= 15 is 0 Å². The summed E-state index contributed by atoms with van der Waals surface area (Å²) in [4.78, 5) is 13.4. The first-order valence-electron chi connectivity index (χ1n) is 8.77. The molecule has 1 amide bonds. The molecule has 0 aromatic heterocycles. The molecule has 0 bridgehead atoms. The molecule has 134 valence electrons. The summed E-state index contributed by atoms with van der Waals surface area (Å²) in [7, 11) is 1.69. The average molecular weight is 334 g/mol. The van der Waals surface area contributed by atoms with Gasteiger partial charge in [-0.2, -0.15) is 0 Å². The average Bonchev–Trinajstić information content (AvgIpc) is 2.58. The third kappa shape index (κ3) is 4.95. The molecule has 1 N–H and O–H groups in total. The Bertz CT molecular complexity index is 547. The van der Waals surface area contributed by atoms with Crippen molar-refractivity contribution >= 4 is 5.91 Å². The van der Waals surface area contributed by atoms with Crippen molar-refractivity contribution in [3.8, 4) is 5.75 Å². The van der Waals surface area contributed by atoms with Gasteiger partial charge in [0, 0.05) is 44.8 Å². The van der Waals surface area contributed by atoms with Crippen molar-refractivity contribution in [3.05, 3.63) is 29.3 Å². The summed E-state index contributed by atoms with van der Waals surface area (Å²) in [5.74, 6) is 1.51. The number of carbonyl (C=O) groups excluding carboxylic acids is 1. The van der Waals surface area contributed by atoms with Gasteiger partial charge in [0.2, 0.25) is 5.91 Å². The summed E-state index contributed by atoms with van der Waals surface area (Å²) >= 11 is 0. The van der Waals surface area contributed by atoms with Crippen LogP contribution >= 0.6 is 0 Å². The number of piperidine rings is 1. The molecule has 1 saturated heterocycles. The molecule has 0 aliphatic carbocycles. The van der Waals surface area contributed by atoms with E-state index in [1.807, 2.05) is 17.9 Å². The summed E-state index contributed by atoms with van der Waals surface area (Å²) in [6.07, 6.45) is 1.00. The molecule has 0 unspecified atom stereocenters. The second-order valence-electron chi connectivity index (χ2n) is 6.50. The Morgan fingerprint density at radius 3 is 2.83 bits per heavy atom. The Balaban J connectivity index is 1.93. The summed E-state index contributed by atoms with van der Waals surface area (Å²) in [6, 6.07) is 6.69. The van der Waals surface area contributed by atoms with Gasteiger partial charge in [0.15, 0.2) is 0 Å². The zero-order valence-corrected chi connectivity index (χ0v) is 15.3. The Hall–Kier alpha value is -1.59. The summed E-state index contributed by atoms with van der Waals surface area (Å²) < 4.78 is 10.9. The molecule has 1 aromatic carbocycles. The Labute approximate surface area is 145 Å². The van der Waals surface area contributed by atoms with E-state index in [0.29, 0.717) is 25.2 Å². The maximum absolute atomic E-state index is 11.5. The van der Waals surface area contributed by atoms with E-state index in [1.54, 1.807) is 14.0 Å². The number of rotatable bonds is 7. The van der Waals surface area contributed by atoms with Crippen molar-refractivity contribution in [1.82, 2.24) is 10.2 Å². The fourth-order valence-electron chi connectivity index (χ4n) is 3.25. The fourth-order valence-corrected chi connectivity index (χ4v) is 3.25. The number of benzene rings is 1. The largest absolute Gasteiger partial charge is 0.496 e. The summed E-state index contributed by atoms with van der Waals surface area (Å²) in [5, 5.41) is 3.65. The topological polar surface area (TPSA) is 50.8 Å². The highest BCUT2D eigenvalue weighted by Gasteiger charge is 2.26. The van der Waals surface area contributed by atoms with Crippen LogP contribution in [0.2, 0.25) is 0 Å². The van der Waals surface area contributed by atoms with Gasteiger partial charge < -0.3 is 19.7 Å². The quantitative estimate of drug-likeness (QED) is 0.833. The Morgan fingerprint density at radius 2 is 2.21 bits per heavy atom. The van der Waals surface area contributed by atoms with E-state index in [0.717, 1.165) is 37.4 Å². The molecular weight excluding hydrogens is 304 g/mol. The molecule has 0 radical (unpaired) electrons. The van der Waals surface area contributed by atoms with Crippen molar-refractivity contribution in [2.75, 3.05) is 26.8 Å². The standard InChI is InChI=1S/C19H30N2O3/c1-5-24-13-17-10-16(6-7-19(17)23-4)11-20-18-8-9-21(15(3)22)12-14(18)2/h6-7,10,14,18,20H,5,8-9,11-13H2,1-4H3/t14-,18-/m0/s1. The third-order valence-corrected chi connectivity index (χ3v) is 4.73. The minimum Gasteiger partial charge on any atom is -0.496 e. The second-order valence-corrected chi connectivity index (χ2v) is 6.50. The predicted molar refractivity (Wildman–Crippen MR) is 95.0 cm³/mol. The van der Waals surface area contributed by atoms with Gasteiger partial charge in [-0.25, -0.2) is 0 Å². The molecule has 5 heteroatoms. The number of ether oxygens (including phenoxy) is 2. The van der Waals surface area contributed by atoms with Gasteiger partial charge in [0.1, 0.15) is 5.75 Å². The van der Waals surface area contributed by atoms with Crippen molar-refractivity contribution in [3.63, 3.8) is 0 Å². The second kappa shape index (κ2) is 9.04. The van der Waals surface area contributed by atoms with Gasteiger partial charge in [-0.3, -0.25) is 4.79 Å². The van der Waals surface area contributed by atoms with Crippen LogP contribution in [-0.2, 0) is 22.7 Å². The first-order valence-corrected chi connectivity index (χ1v) is 8.77. The lowest BCUT2D eigenvalue weighted by Crippen LogP contribution is -2.49. The number of methoxy groups -OCH3 is 1. The lowest BCUT2D eigenvalue weighted by Gasteiger charge is -2.37. The highest BCUT2D eigenvalue weighted by molar-refractivity contribution is 5.73. The van der Waals surface area contributed by atoms with E-state index in [1.165, 1.54) is 5.56 Å². The summed E-state index contributed by atoms with van der Waals surface area (Å²) in [5.41, 5.74) is 2.31. The van der Waals surface area contributed by atoms with Crippen molar-refractivity contribution in [2.24, 2.45) is 5.92 Å². The smallest absolute Gasteiger partial charge is 0.219 e. The van der Waals surface area contributed by atoms with Crippen LogP contribution in [0.15, 0.2) is 18.2 Å². The molecule has 2 rings (SSSR count). The van der Waals surface area contributed by atoms with Crippen LogP contribution in [0.5, 0.6) is 5.75 Å². The van der Waals surface area contributed by atoms with Crippen LogP contribution in [-0.4, -0.2) is 43.7 Å². The first kappa shape index (κ1) is 18.7. The third-order valence-electron chi connectivity index (χ3n) is 4.73. The van der Waals surface area contributed by atoms with E-state index in [-0.39, 0.29) is 5.91 Å². The maximum atomic E-state index is 11.5. The van der Waals surface area contributed by atoms with Crippen LogP contribution in [0.1, 0.15) is 38.3 Å². The van der Waals surface area contributed by atoms with Gasteiger partial charge in [-0.05, 0) is 37.0 Å². The van der Waals surface area contributed by atoms with Crippen molar-refractivity contribution in [2.45, 2.75) is 46.4 Å². The highest BCUT2D eigenvalue weighted by atomic mass is 16.5. The number of hydrogen-bond acceptors (Lipinski definition) is 4. The van der Waals surface area contributed by atoms with E-state index in [2.05, 4.69) is 24.4 Å². The zero-order chi connectivity index (χ0) is 17.5. The van der Waals surface area contributed by atoms with E-state index < -0.39 is 0 Å². The minimum absolute atomic E-state index is 0.177. The summed E-state index contributed by atoms with van der Waals surface area (Å²) in [6.45, 7) is 9.61. The number of amides is 1. The molecule has 1 aromatic rings. The van der Waals surface area contributed by atoms with Gasteiger partial charge in [-0.15, -0.1) is 0 Å². The number of carbonyl (C=O) groups is 1. The first-order chi connectivity index (χ1) is 11.5. The molecule has 24 heavy (non-hydrogen) atoms. The maximum Gasteiger partial charge on any atom is 0.219 e. The van der Waals surface area contributed by atoms with Gasteiger partial charge in [-0.1, -0.05) is 13.0 Å². The van der Waals surface area contributed by atoms with E-state index in [9.17, 15) is 4.79 Å². The van der Waals surface area contributed by atoms with Gasteiger partial charge in [0.25, 0.3) is 0 Å². The number of hydrogen-bond donors (Lipinski definition) is 1. The molecule has 5 nitrogen and oxygen atoms in total. The van der Waals surface area contributed by atoms with Gasteiger partial charge in [0.05, 0.1) is 13.7 Å². The molecule has 1 fully saturated rings. The molecule has 2 atom stereocenters. The van der Waals surface area contributed by atoms with Crippen LogP contribution in [0.3, 0.4) is 0 Å². The van der Waals surface area contributed by atoms with Crippen molar-refractivity contribution < 1.29 is 14.3 Å². The molecule has 1 aliphatic rings. The molecule has 0 spiro atoms. The number of likely N-dealkylation sites (tertiary alicyclic amines) is 1. The van der Waals surface area contributed by atoms with Crippen molar-refractivity contribution in [1.29, 1.82) is 0 Å². The van der Waals surface area contributed by atoms with E-state index in [4.69, 9.17) is 9.47 Å². The highest BCUT2D eigenvalue weighted by Crippen LogP contribution is 2.22. The Kier molecular flexibility index (Phi) is 7.06. The van der Waals surface area contributed by atoms with Crippen LogP contribution in [0, 0.1) is 5.92 Å². The normalized spacial score (nSPS) is 20.9. The van der Waals surface area contributed by atoms with Crippen LogP contribution < -0.4 is 10.1 Å². The Morgan fingerprint density at radius 1 is 1.42 bits per heavy atom. The minimum atomic E-state index is 0.177. The molecule has 0 saturated carbocycles. The number of nitrogens with one attached hydrogen (secondary N) is 1.